The first kappa shape index (κ1) is 13.2. The molecule has 1 aromatic carbocycles. The van der Waals surface area contributed by atoms with Gasteiger partial charge in [-0.3, -0.25) is 4.98 Å². The normalized spacial score (nSPS) is 11.0. The van der Waals surface area contributed by atoms with Crippen molar-refractivity contribution < 1.29 is 14.3 Å². The molecule has 0 aliphatic heterocycles. The van der Waals surface area contributed by atoms with Crippen LogP contribution >= 0.6 is 0 Å². The number of carboxylic acids is 1. The van der Waals surface area contributed by atoms with E-state index in [0.29, 0.717) is 5.56 Å². The third-order valence-electron chi connectivity index (χ3n) is 3.37. The molecule has 0 saturated carbocycles. The fourth-order valence-corrected chi connectivity index (χ4v) is 2.28. The highest BCUT2D eigenvalue weighted by atomic mass is 19.1. The van der Waals surface area contributed by atoms with Crippen LogP contribution in [-0.4, -0.2) is 25.6 Å². The summed E-state index contributed by atoms with van der Waals surface area (Å²) in [5, 5.41) is 8.85. The predicted molar refractivity (Wildman–Crippen MR) is 74.7 cm³/mol. The second-order valence-corrected chi connectivity index (χ2v) is 4.72. The largest absolute Gasteiger partial charge is 0.478 e. The van der Waals surface area contributed by atoms with Gasteiger partial charge < -0.3 is 9.67 Å². The lowest BCUT2D eigenvalue weighted by atomic mass is 10.1. The molecule has 5 nitrogen and oxygen atoms in total. The molecule has 0 bridgehead atoms. The van der Waals surface area contributed by atoms with E-state index in [2.05, 4.69) is 9.97 Å². The van der Waals surface area contributed by atoms with Gasteiger partial charge in [0.05, 0.1) is 23.8 Å². The van der Waals surface area contributed by atoms with Crippen molar-refractivity contribution in [3.05, 3.63) is 59.4 Å². The number of aromatic nitrogens is 3. The maximum atomic E-state index is 14.0. The SMILES string of the molecule is Cc1nc2cnccc2n1Cc1ccc(C(=O)O)cc1F. The topological polar surface area (TPSA) is 68.0 Å². The maximum absolute atomic E-state index is 14.0. The minimum absolute atomic E-state index is 0.0624. The third kappa shape index (κ3) is 2.35. The minimum atomic E-state index is -1.14. The number of imidazole rings is 1. The van der Waals surface area contributed by atoms with Crippen molar-refractivity contribution in [2.45, 2.75) is 13.5 Å². The zero-order valence-electron chi connectivity index (χ0n) is 11.2. The molecule has 0 aliphatic rings. The summed E-state index contributed by atoms with van der Waals surface area (Å²) in [6.45, 7) is 2.13. The number of nitrogens with zero attached hydrogens (tertiary/aromatic N) is 3. The van der Waals surface area contributed by atoms with Crippen molar-refractivity contribution in [3.8, 4) is 0 Å². The van der Waals surface area contributed by atoms with Crippen LogP contribution in [0.5, 0.6) is 0 Å². The van der Waals surface area contributed by atoms with E-state index in [4.69, 9.17) is 5.11 Å². The molecular formula is C15H12FN3O2. The third-order valence-corrected chi connectivity index (χ3v) is 3.37. The number of fused-ring (bicyclic) bond motifs is 1. The Morgan fingerprint density at radius 1 is 1.38 bits per heavy atom. The Labute approximate surface area is 119 Å². The van der Waals surface area contributed by atoms with E-state index >= 15 is 0 Å². The van der Waals surface area contributed by atoms with E-state index in [1.807, 2.05) is 17.6 Å². The van der Waals surface area contributed by atoms with Gasteiger partial charge in [0.15, 0.2) is 0 Å². The van der Waals surface area contributed by atoms with Crippen LogP contribution in [0.4, 0.5) is 4.39 Å². The number of halogens is 1. The molecule has 0 aliphatic carbocycles. The summed E-state index contributed by atoms with van der Waals surface area (Å²) in [5.74, 6) is -0.930. The zero-order chi connectivity index (χ0) is 15.0. The van der Waals surface area contributed by atoms with Gasteiger partial charge in [-0.05, 0) is 25.1 Å². The van der Waals surface area contributed by atoms with Gasteiger partial charge in [0, 0.05) is 11.8 Å². The van der Waals surface area contributed by atoms with Gasteiger partial charge in [-0.25, -0.2) is 14.2 Å². The number of hydrogen-bond donors (Lipinski definition) is 1. The van der Waals surface area contributed by atoms with Crippen LogP contribution in [0.15, 0.2) is 36.7 Å². The molecular weight excluding hydrogens is 273 g/mol. The average Bonchev–Trinajstić information content (AvgIpc) is 2.77. The predicted octanol–water partition coefficient (Wildman–Crippen LogP) is 2.63. The summed E-state index contributed by atoms with van der Waals surface area (Å²) in [6.07, 6.45) is 3.31. The van der Waals surface area contributed by atoms with Gasteiger partial charge in [-0.1, -0.05) is 6.07 Å². The minimum Gasteiger partial charge on any atom is -0.478 e. The monoisotopic (exact) mass is 285 g/mol. The summed E-state index contributed by atoms with van der Waals surface area (Å²) in [7, 11) is 0. The number of rotatable bonds is 3. The van der Waals surface area contributed by atoms with Gasteiger partial charge >= 0.3 is 5.97 Å². The first-order valence-electron chi connectivity index (χ1n) is 6.35. The Hall–Kier alpha value is -2.76. The summed E-state index contributed by atoms with van der Waals surface area (Å²) in [4.78, 5) is 19.2. The number of hydrogen-bond acceptors (Lipinski definition) is 3. The Kier molecular flexibility index (Phi) is 3.13. The molecule has 3 aromatic rings. The number of carboxylic acid groups (broad SMARTS) is 1. The Morgan fingerprint density at radius 2 is 2.19 bits per heavy atom. The summed E-state index contributed by atoms with van der Waals surface area (Å²) in [6, 6.07) is 5.74. The lowest BCUT2D eigenvalue weighted by Gasteiger charge is -2.08. The van der Waals surface area contributed by atoms with Crippen LogP contribution in [0.3, 0.4) is 0 Å². The molecule has 1 N–H and O–H groups in total. The molecule has 0 fully saturated rings. The van der Waals surface area contributed by atoms with Crippen LogP contribution in [0.25, 0.3) is 11.0 Å². The molecule has 0 spiro atoms. The number of pyridine rings is 1. The van der Waals surface area contributed by atoms with Gasteiger partial charge in [-0.2, -0.15) is 0 Å². The van der Waals surface area contributed by atoms with Gasteiger partial charge in [0.25, 0.3) is 0 Å². The molecule has 0 atom stereocenters. The second-order valence-electron chi connectivity index (χ2n) is 4.72. The van der Waals surface area contributed by atoms with Crippen molar-refractivity contribution in [3.63, 3.8) is 0 Å². The Balaban J connectivity index is 2.03. The summed E-state index contributed by atoms with van der Waals surface area (Å²) >= 11 is 0. The smallest absolute Gasteiger partial charge is 0.335 e. The average molecular weight is 285 g/mol. The van der Waals surface area contributed by atoms with E-state index in [1.54, 1.807) is 12.4 Å². The molecule has 2 aromatic heterocycles. The molecule has 2 heterocycles. The lowest BCUT2D eigenvalue weighted by Crippen LogP contribution is -2.05. The number of aromatic carboxylic acids is 1. The highest BCUT2D eigenvalue weighted by Crippen LogP contribution is 2.18. The van der Waals surface area contributed by atoms with Gasteiger partial charge in [0.2, 0.25) is 0 Å². The standard InChI is InChI=1S/C15H12FN3O2/c1-9-18-13-7-17-5-4-14(13)19(9)8-11-3-2-10(15(20)21)6-12(11)16/h2-7H,8H2,1H3,(H,20,21). The highest BCUT2D eigenvalue weighted by molar-refractivity contribution is 5.87. The van der Waals surface area contributed by atoms with Crippen molar-refractivity contribution in [1.82, 2.24) is 14.5 Å². The first-order valence-corrected chi connectivity index (χ1v) is 6.35. The number of aryl methyl sites for hydroxylation is 1. The fourth-order valence-electron chi connectivity index (χ4n) is 2.28. The maximum Gasteiger partial charge on any atom is 0.335 e. The first-order chi connectivity index (χ1) is 10.1. The van der Waals surface area contributed by atoms with Crippen LogP contribution in [0.1, 0.15) is 21.7 Å². The molecule has 6 heteroatoms. The van der Waals surface area contributed by atoms with Gasteiger partial charge in [0.1, 0.15) is 17.2 Å². The van der Waals surface area contributed by atoms with E-state index in [1.165, 1.54) is 12.1 Å². The number of carbonyl (C=O) groups is 1. The molecule has 3 rings (SSSR count). The lowest BCUT2D eigenvalue weighted by molar-refractivity contribution is 0.0696. The molecule has 0 saturated heterocycles. The van der Waals surface area contributed by atoms with Crippen molar-refractivity contribution in [1.29, 1.82) is 0 Å². The fraction of sp³-hybridized carbons (Fsp3) is 0.133. The van der Waals surface area contributed by atoms with Gasteiger partial charge in [-0.15, -0.1) is 0 Å². The van der Waals surface area contributed by atoms with E-state index in [0.717, 1.165) is 22.9 Å². The van der Waals surface area contributed by atoms with E-state index in [9.17, 15) is 9.18 Å². The molecule has 0 amide bonds. The second kappa shape index (κ2) is 4.97. The van der Waals surface area contributed by atoms with Crippen molar-refractivity contribution >= 4 is 17.0 Å². The van der Waals surface area contributed by atoms with Crippen molar-refractivity contribution in [2.75, 3.05) is 0 Å². The van der Waals surface area contributed by atoms with Crippen LogP contribution in [0.2, 0.25) is 0 Å². The quantitative estimate of drug-likeness (QED) is 0.803. The Morgan fingerprint density at radius 3 is 2.90 bits per heavy atom. The molecule has 106 valence electrons. The highest BCUT2D eigenvalue weighted by Gasteiger charge is 2.12. The summed E-state index contributed by atoms with van der Waals surface area (Å²) in [5.41, 5.74) is 1.97. The Bertz CT molecular complexity index is 842. The molecule has 0 radical (unpaired) electrons. The summed E-state index contributed by atoms with van der Waals surface area (Å²) < 4.78 is 15.9. The van der Waals surface area contributed by atoms with Crippen LogP contribution < -0.4 is 0 Å². The number of benzene rings is 1. The van der Waals surface area contributed by atoms with Crippen LogP contribution in [0, 0.1) is 12.7 Å². The molecule has 21 heavy (non-hydrogen) atoms. The van der Waals surface area contributed by atoms with Crippen LogP contribution in [-0.2, 0) is 6.54 Å². The van der Waals surface area contributed by atoms with E-state index in [-0.39, 0.29) is 12.1 Å². The molecule has 0 unspecified atom stereocenters. The van der Waals surface area contributed by atoms with Crippen molar-refractivity contribution in [2.24, 2.45) is 0 Å². The van der Waals surface area contributed by atoms with E-state index < -0.39 is 11.8 Å². The zero-order valence-corrected chi connectivity index (χ0v) is 11.2.